The summed E-state index contributed by atoms with van der Waals surface area (Å²) in [6, 6.07) is 6.40. The van der Waals surface area contributed by atoms with E-state index in [-0.39, 0.29) is 0 Å². The molecule has 0 amide bonds. The van der Waals surface area contributed by atoms with Gasteiger partial charge in [-0.15, -0.1) is 0 Å². The molecule has 0 bridgehead atoms. The molecule has 5 nitrogen and oxygen atoms in total. The zero-order valence-corrected chi connectivity index (χ0v) is 16.5. The molecule has 1 fully saturated rings. The number of rotatable bonds is 8. The number of ether oxygens (including phenoxy) is 2. The first-order valence-corrected chi connectivity index (χ1v) is 9.59. The van der Waals surface area contributed by atoms with E-state index >= 15 is 0 Å². The molecule has 0 aromatic heterocycles. The quantitative estimate of drug-likeness (QED) is 0.542. The van der Waals surface area contributed by atoms with E-state index in [1.165, 1.54) is 32.2 Å². The summed E-state index contributed by atoms with van der Waals surface area (Å²) in [4.78, 5) is 2.63. The molecule has 140 valence electrons. The van der Waals surface area contributed by atoms with Gasteiger partial charge in [-0.2, -0.15) is 0 Å². The van der Waals surface area contributed by atoms with Crippen molar-refractivity contribution >= 4 is 23.0 Å². The number of piperidine rings is 1. The van der Waals surface area contributed by atoms with E-state index in [1.807, 2.05) is 18.2 Å². The first kappa shape index (κ1) is 19.8. The van der Waals surface area contributed by atoms with Gasteiger partial charge in [-0.25, -0.2) is 0 Å². The summed E-state index contributed by atoms with van der Waals surface area (Å²) >= 11 is 5.40. The van der Waals surface area contributed by atoms with Crippen molar-refractivity contribution in [3.05, 3.63) is 18.2 Å². The van der Waals surface area contributed by atoms with Crippen LogP contribution < -0.4 is 20.1 Å². The van der Waals surface area contributed by atoms with E-state index in [4.69, 9.17) is 21.7 Å². The Balaban J connectivity index is 1.73. The van der Waals surface area contributed by atoms with Crippen molar-refractivity contribution in [3.8, 4) is 11.5 Å². The molecule has 1 aromatic carbocycles. The fourth-order valence-corrected chi connectivity index (χ4v) is 3.58. The molecule has 6 heteroatoms. The minimum Gasteiger partial charge on any atom is -0.497 e. The molecule has 0 spiro atoms. The predicted octanol–water partition coefficient (Wildman–Crippen LogP) is 3.64. The molecular weight excluding hydrogens is 334 g/mol. The molecule has 1 aliphatic heterocycles. The van der Waals surface area contributed by atoms with Gasteiger partial charge in [-0.1, -0.05) is 13.3 Å². The molecule has 1 atom stereocenters. The van der Waals surface area contributed by atoms with E-state index in [2.05, 4.69) is 22.5 Å². The molecule has 2 N–H and O–H groups in total. The summed E-state index contributed by atoms with van der Waals surface area (Å²) < 4.78 is 10.6. The van der Waals surface area contributed by atoms with Crippen LogP contribution in [0, 0.1) is 0 Å². The van der Waals surface area contributed by atoms with Crippen molar-refractivity contribution in [2.24, 2.45) is 0 Å². The minimum absolute atomic E-state index is 0.620. The van der Waals surface area contributed by atoms with Gasteiger partial charge in [0.2, 0.25) is 0 Å². The number of anilines is 1. The van der Waals surface area contributed by atoms with Crippen molar-refractivity contribution in [1.29, 1.82) is 0 Å². The lowest BCUT2D eigenvalue weighted by molar-refractivity contribution is 0.143. The van der Waals surface area contributed by atoms with Crippen LogP contribution >= 0.6 is 12.2 Å². The van der Waals surface area contributed by atoms with Crippen LogP contribution in [0.15, 0.2) is 18.2 Å². The Morgan fingerprint density at radius 2 is 2.12 bits per heavy atom. The van der Waals surface area contributed by atoms with Crippen molar-refractivity contribution < 1.29 is 9.47 Å². The lowest BCUT2D eigenvalue weighted by Crippen LogP contribution is -2.40. The van der Waals surface area contributed by atoms with Gasteiger partial charge in [0.1, 0.15) is 11.5 Å². The van der Waals surface area contributed by atoms with Gasteiger partial charge < -0.3 is 25.0 Å². The molecule has 1 saturated heterocycles. The molecule has 0 aliphatic carbocycles. The number of methoxy groups -OCH3 is 2. The smallest absolute Gasteiger partial charge is 0.170 e. The van der Waals surface area contributed by atoms with Gasteiger partial charge in [0.25, 0.3) is 0 Å². The highest BCUT2D eigenvalue weighted by atomic mass is 32.1. The third-order valence-corrected chi connectivity index (χ3v) is 5.03. The maximum Gasteiger partial charge on any atom is 0.170 e. The third kappa shape index (κ3) is 6.04. The molecule has 1 aliphatic rings. The molecule has 0 radical (unpaired) electrons. The summed E-state index contributed by atoms with van der Waals surface area (Å²) in [5.41, 5.74) is 0.836. The Kier molecular flexibility index (Phi) is 8.28. The average molecular weight is 366 g/mol. The third-order valence-electron chi connectivity index (χ3n) is 4.78. The van der Waals surface area contributed by atoms with Gasteiger partial charge in [-0.3, -0.25) is 0 Å². The molecule has 2 rings (SSSR count). The van der Waals surface area contributed by atoms with Crippen LogP contribution in [0.1, 0.15) is 39.0 Å². The summed E-state index contributed by atoms with van der Waals surface area (Å²) in [5.74, 6) is 1.47. The first-order valence-electron chi connectivity index (χ1n) is 9.18. The average Bonchev–Trinajstić information content (AvgIpc) is 2.65. The van der Waals surface area contributed by atoms with Crippen LogP contribution in [0.4, 0.5) is 5.69 Å². The maximum atomic E-state index is 5.40. The van der Waals surface area contributed by atoms with Crippen molar-refractivity contribution in [3.63, 3.8) is 0 Å². The number of nitrogens with one attached hydrogen (secondary N) is 2. The predicted molar refractivity (Wildman–Crippen MR) is 108 cm³/mol. The summed E-state index contributed by atoms with van der Waals surface area (Å²) in [6.45, 7) is 5.55. The van der Waals surface area contributed by atoms with Gasteiger partial charge in [0.15, 0.2) is 5.11 Å². The van der Waals surface area contributed by atoms with Gasteiger partial charge in [0, 0.05) is 25.2 Å². The van der Waals surface area contributed by atoms with Gasteiger partial charge >= 0.3 is 0 Å². The van der Waals surface area contributed by atoms with Gasteiger partial charge in [-0.05, 0) is 56.6 Å². The van der Waals surface area contributed by atoms with Crippen LogP contribution in [0.5, 0.6) is 11.5 Å². The normalized spacial score (nSPS) is 17.8. The standard InChI is InChI=1S/C19H31N3O2S/c1-4-15-8-5-6-12-22(15)13-7-11-20-19(25)21-17-10-9-16(23-2)14-18(17)24-3/h9-10,14-15H,4-8,11-13H2,1-3H3,(H2,20,21,25)/t15-/m1/s1. The molecule has 0 unspecified atom stereocenters. The van der Waals surface area contributed by atoms with E-state index in [1.54, 1.807) is 14.2 Å². The highest BCUT2D eigenvalue weighted by molar-refractivity contribution is 7.80. The van der Waals surface area contributed by atoms with Crippen molar-refractivity contribution in [1.82, 2.24) is 10.2 Å². The van der Waals surface area contributed by atoms with Crippen LogP contribution in [0.2, 0.25) is 0 Å². The fraction of sp³-hybridized carbons (Fsp3) is 0.632. The number of hydrogen-bond donors (Lipinski definition) is 2. The minimum atomic E-state index is 0.620. The lowest BCUT2D eigenvalue weighted by atomic mass is 10.00. The summed E-state index contributed by atoms with van der Waals surface area (Å²) in [7, 11) is 3.28. The second-order valence-corrected chi connectivity index (χ2v) is 6.80. The zero-order valence-electron chi connectivity index (χ0n) is 15.6. The van der Waals surface area contributed by atoms with Crippen LogP contribution in [0.25, 0.3) is 0 Å². The fourth-order valence-electron chi connectivity index (χ4n) is 3.37. The number of likely N-dealkylation sites (tertiary alicyclic amines) is 1. The van der Waals surface area contributed by atoms with Crippen LogP contribution in [-0.2, 0) is 0 Å². The van der Waals surface area contributed by atoms with Crippen molar-refractivity contribution in [2.75, 3.05) is 39.2 Å². The summed E-state index contributed by atoms with van der Waals surface area (Å²) in [6.07, 6.45) is 6.41. The SMILES string of the molecule is CC[C@@H]1CCCCN1CCCNC(=S)Nc1ccc(OC)cc1OC. The Morgan fingerprint density at radius 1 is 1.28 bits per heavy atom. The van der Waals surface area contributed by atoms with E-state index in [0.717, 1.165) is 37.0 Å². The second-order valence-electron chi connectivity index (χ2n) is 6.39. The van der Waals surface area contributed by atoms with E-state index in [9.17, 15) is 0 Å². The molecule has 1 heterocycles. The highest BCUT2D eigenvalue weighted by Crippen LogP contribution is 2.28. The number of thiocarbonyl (C=S) groups is 1. The monoisotopic (exact) mass is 365 g/mol. The molecule has 0 saturated carbocycles. The number of nitrogens with zero attached hydrogens (tertiary/aromatic N) is 1. The second kappa shape index (κ2) is 10.5. The highest BCUT2D eigenvalue weighted by Gasteiger charge is 2.19. The zero-order chi connectivity index (χ0) is 18.1. The lowest BCUT2D eigenvalue weighted by Gasteiger charge is -2.35. The molecule has 25 heavy (non-hydrogen) atoms. The Labute approximate surface area is 157 Å². The molecular formula is C19H31N3O2S. The first-order chi connectivity index (χ1) is 12.2. The van der Waals surface area contributed by atoms with Crippen LogP contribution in [-0.4, -0.2) is 49.9 Å². The van der Waals surface area contributed by atoms with Crippen molar-refractivity contribution in [2.45, 2.75) is 45.1 Å². The Hall–Kier alpha value is -1.53. The topological polar surface area (TPSA) is 45.8 Å². The van der Waals surface area contributed by atoms with Crippen LogP contribution in [0.3, 0.4) is 0 Å². The summed E-state index contributed by atoms with van der Waals surface area (Å²) in [5, 5.41) is 7.11. The Morgan fingerprint density at radius 3 is 2.84 bits per heavy atom. The Bertz CT molecular complexity index is 553. The van der Waals surface area contributed by atoms with E-state index in [0.29, 0.717) is 10.9 Å². The largest absolute Gasteiger partial charge is 0.497 e. The van der Waals surface area contributed by atoms with E-state index < -0.39 is 0 Å². The number of benzene rings is 1. The number of hydrogen-bond acceptors (Lipinski definition) is 4. The van der Waals surface area contributed by atoms with Gasteiger partial charge in [0.05, 0.1) is 19.9 Å². The molecule has 1 aromatic rings. The maximum absolute atomic E-state index is 5.40.